The van der Waals surface area contributed by atoms with Crippen molar-refractivity contribution >= 4 is 46.3 Å². The van der Waals surface area contributed by atoms with E-state index in [2.05, 4.69) is 15.2 Å². The van der Waals surface area contributed by atoms with Gasteiger partial charge < -0.3 is 20.7 Å². The predicted octanol–water partition coefficient (Wildman–Crippen LogP) is 3.84. The van der Waals surface area contributed by atoms with E-state index in [-0.39, 0.29) is 33.8 Å². The summed E-state index contributed by atoms with van der Waals surface area (Å²) < 4.78 is 5.73. The van der Waals surface area contributed by atoms with Gasteiger partial charge in [-0.05, 0) is 38.1 Å². The Labute approximate surface area is 162 Å². The molecule has 2 atom stereocenters. The SMILES string of the molecule is C[C@@H]1CN(c2ccc(C(=O)Nc3cc(Cl)c(N)c(Cl)c3)cn2)C[C@@H](C)O1. The number of halogens is 2. The summed E-state index contributed by atoms with van der Waals surface area (Å²) in [6.45, 7) is 5.61. The second kappa shape index (κ2) is 7.70. The van der Waals surface area contributed by atoms with Gasteiger partial charge in [0, 0.05) is 25.0 Å². The number of carbonyl (C=O) groups excluding carboxylic acids is 1. The minimum absolute atomic E-state index is 0.142. The van der Waals surface area contributed by atoms with Crippen LogP contribution in [0.4, 0.5) is 17.2 Å². The van der Waals surface area contributed by atoms with E-state index in [1.807, 2.05) is 19.9 Å². The summed E-state index contributed by atoms with van der Waals surface area (Å²) in [5, 5.41) is 3.32. The van der Waals surface area contributed by atoms with Gasteiger partial charge in [-0.15, -0.1) is 0 Å². The second-order valence-corrected chi connectivity index (χ2v) is 7.19. The number of nitrogens with zero attached hydrogens (tertiary/aromatic N) is 2. The number of hydrogen-bond donors (Lipinski definition) is 2. The minimum Gasteiger partial charge on any atom is -0.396 e. The number of amides is 1. The lowest BCUT2D eigenvalue weighted by Gasteiger charge is -2.36. The predicted molar refractivity (Wildman–Crippen MR) is 105 cm³/mol. The Hall–Kier alpha value is -2.02. The van der Waals surface area contributed by atoms with Crippen LogP contribution in [0, 0.1) is 0 Å². The van der Waals surface area contributed by atoms with Crippen molar-refractivity contribution < 1.29 is 9.53 Å². The molecule has 2 aromatic rings. The Bertz CT molecular complexity index is 780. The van der Waals surface area contributed by atoms with Gasteiger partial charge in [0.2, 0.25) is 0 Å². The van der Waals surface area contributed by atoms with Gasteiger partial charge in [0.1, 0.15) is 5.82 Å². The number of rotatable bonds is 3. The Balaban J connectivity index is 1.71. The van der Waals surface area contributed by atoms with Gasteiger partial charge in [0.15, 0.2) is 0 Å². The molecular weight excluding hydrogens is 375 g/mol. The molecule has 26 heavy (non-hydrogen) atoms. The number of nitrogens with one attached hydrogen (secondary N) is 1. The molecule has 3 rings (SSSR count). The molecule has 1 aromatic carbocycles. The topological polar surface area (TPSA) is 80.5 Å². The molecule has 1 fully saturated rings. The molecule has 1 aliphatic heterocycles. The van der Waals surface area contributed by atoms with E-state index in [4.69, 9.17) is 33.7 Å². The maximum absolute atomic E-state index is 12.4. The fourth-order valence-corrected chi connectivity index (χ4v) is 3.42. The van der Waals surface area contributed by atoms with Crippen LogP contribution in [0.25, 0.3) is 0 Å². The Kier molecular flexibility index (Phi) is 5.55. The van der Waals surface area contributed by atoms with Crippen LogP contribution in [-0.4, -0.2) is 36.2 Å². The summed E-state index contributed by atoms with van der Waals surface area (Å²) in [6, 6.07) is 6.68. The molecule has 0 unspecified atom stereocenters. The summed E-state index contributed by atoms with van der Waals surface area (Å²) in [7, 11) is 0. The molecule has 6 nitrogen and oxygen atoms in total. The van der Waals surface area contributed by atoms with Gasteiger partial charge in [0.05, 0.1) is 33.5 Å². The Morgan fingerprint density at radius 2 is 1.85 bits per heavy atom. The normalized spacial score (nSPS) is 20.1. The molecule has 1 saturated heterocycles. The number of carbonyl (C=O) groups is 1. The number of hydrogen-bond acceptors (Lipinski definition) is 5. The van der Waals surface area contributed by atoms with Crippen molar-refractivity contribution in [2.45, 2.75) is 26.1 Å². The second-order valence-electron chi connectivity index (χ2n) is 6.38. The molecule has 0 aliphatic carbocycles. The lowest BCUT2D eigenvalue weighted by Crippen LogP contribution is -2.45. The van der Waals surface area contributed by atoms with Crippen molar-refractivity contribution in [3.63, 3.8) is 0 Å². The molecule has 3 N–H and O–H groups in total. The van der Waals surface area contributed by atoms with E-state index < -0.39 is 0 Å². The zero-order chi connectivity index (χ0) is 18.8. The number of benzene rings is 1. The first-order valence-electron chi connectivity index (χ1n) is 8.26. The average molecular weight is 395 g/mol. The first kappa shape index (κ1) is 18.8. The van der Waals surface area contributed by atoms with E-state index in [0.717, 1.165) is 18.9 Å². The van der Waals surface area contributed by atoms with Gasteiger partial charge in [-0.2, -0.15) is 0 Å². The Morgan fingerprint density at radius 3 is 2.38 bits per heavy atom. The van der Waals surface area contributed by atoms with E-state index in [1.54, 1.807) is 24.4 Å². The van der Waals surface area contributed by atoms with Crippen LogP contribution < -0.4 is 16.0 Å². The molecule has 0 spiro atoms. The lowest BCUT2D eigenvalue weighted by molar-refractivity contribution is -0.00546. The minimum atomic E-state index is -0.301. The van der Waals surface area contributed by atoms with Gasteiger partial charge in [-0.3, -0.25) is 4.79 Å². The monoisotopic (exact) mass is 394 g/mol. The molecule has 1 amide bonds. The largest absolute Gasteiger partial charge is 0.396 e. The highest BCUT2D eigenvalue weighted by Gasteiger charge is 2.23. The van der Waals surface area contributed by atoms with E-state index in [0.29, 0.717) is 11.3 Å². The van der Waals surface area contributed by atoms with Crippen LogP contribution in [0.5, 0.6) is 0 Å². The number of anilines is 3. The van der Waals surface area contributed by atoms with E-state index >= 15 is 0 Å². The number of ether oxygens (including phenoxy) is 1. The number of nitrogen functional groups attached to an aromatic ring is 1. The molecule has 0 saturated carbocycles. The molecule has 138 valence electrons. The van der Waals surface area contributed by atoms with Crippen molar-refractivity contribution in [1.82, 2.24) is 4.98 Å². The maximum Gasteiger partial charge on any atom is 0.257 e. The van der Waals surface area contributed by atoms with Crippen molar-refractivity contribution in [2.24, 2.45) is 0 Å². The number of pyridine rings is 1. The highest BCUT2D eigenvalue weighted by molar-refractivity contribution is 6.39. The van der Waals surface area contributed by atoms with Crippen molar-refractivity contribution in [2.75, 3.05) is 29.0 Å². The molecule has 0 radical (unpaired) electrons. The third kappa shape index (κ3) is 4.20. The molecule has 2 heterocycles. The molecule has 8 heteroatoms. The van der Waals surface area contributed by atoms with Crippen molar-refractivity contribution in [3.8, 4) is 0 Å². The van der Waals surface area contributed by atoms with Crippen LogP contribution in [-0.2, 0) is 4.74 Å². The highest BCUT2D eigenvalue weighted by Crippen LogP contribution is 2.31. The molecule has 1 aliphatic rings. The molecular formula is C18H20Cl2N4O2. The first-order valence-corrected chi connectivity index (χ1v) is 9.01. The first-order chi connectivity index (χ1) is 12.3. The summed E-state index contributed by atoms with van der Waals surface area (Å²) in [5.41, 5.74) is 6.89. The van der Waals surface area contributed by atoms with Crippen LogP contribution in [0.2, 0.25) is 10.0 Å². The van der Waals surface area contributed by atoms with Crippen molar-refractivity contribution in [1.29, 1.82) is 0 Å². The quantitative estimate of drug-likeness (QED) is 0.772. The summed E-state index contributed by atoms with van der Waals surface area (Å²) in [5.74, 6) is 0.520. The standard InChI is InChI=1S/C18H20Cl2N4O2/c1-10-8-24(9-11(2)26-10)16-4-3-12(7-22-16)18(25)23-13-5-14(19)17(21)15(20)6-13/h3-7,10-11H,8-9,21H2,1-2H3,(H,23,25)/t10-,11-/m1/s1. The summed E-state index contributed by atoms with van der Waals surface area (Å²) >= 11 is 12.0. The third-order valence-electron chi connectivity index (χ3n) is 4.09. The zero-order valence-electron chi connectivity index (χ0n) is 14.5. The average Bonchev–Trinajstić information content (AvgIpc) is 2.59. The Morgan fingerprint density at radius 1 is 1.23 bits per heavy atom. The third-order valence-corrected chi connectivity index (χ3v) is 4.72. The molecule has 0 bridgehead atoms. The van der Waals surface area contributed by atoms with E-state index in [1.165, 1.54) is 0 Å². The lowest BCUT2D eigenvalue weighted by atomic mass is 10.2. The van der Waals surface area contributed by atoms with Crippen LogP contribution in [0.3, 0.4) is 0 Å². The van der Waals surface area contributed by atoms with Gasteiger partial charge in [-0.1, -0.05) is 23.2 Å². The number of aromatic nitrogens is 1. The van der Waals surface area contributed by atoms with Gasteiger partial charge >= 0.3 is 0 Å². The van der Waals surface area contributed by atoms with Crippen molar-refractivity contribution in [3.05, 3.63) is 46.1 Å². The van der Waals surface area contributed by atoms with Crippen LogP contribution in [0.1, 0.15) is 24.2 Å². The van der Waals surface area contributed by atoms with E-state index in [9.17, 15) is 4.79 Å². The van der Waals surface area contributed by atoms with Gasteiger partial charge in [0.25, 0.3) is 5.91 Å². The summed E-state index contributed by atoms with van der Waals surface area (Å²) in [4.78, 5) is 19.0. The fourth-order valence-electron chi connectivity index (χ4n) is 2.93. The summed E-state index contributed by atoms with van der Waals surface area (Å²) in [6.07, 6.45) is 1.84. The zero-order valence-corrected chi connectivity index (χ0v) is 16.0. The van der Waals surface area contributed by atoms with Gasteiger partial charge in [-0.25, -0.2) is 4.98 Å². The maximum atomic E-state index is 12.4. The van der Waals surface area contributed by atoms with Crippen LogP contribution in [0.15, 0.2) is 30.5 Å². The number of nitrogens with two attached hydrogens (primary N) is 1. The number of morpholine rings is 1. The highest BCUT2D eigenvalue weighted by atomic mass is 35.5. The molecule has 1 aromatic heterocycles. The van der Waals surface area contributed by atoms with Crippen LogP contribution >= 0.6 is 23.2 Å². The fraction of sp³-hybridized carbons (Fsp3) is 0.333. The smallest absolute Gasteiger partial charge is 0.257 e.